The number of piperidine rings is 1. The molecule has 1 N–H and O–H groups in total. The quantitative estimate of drug-likeness (QED) is 0.558. The largest absolute Gasteiger partial charge is 0.493 e. The highest BCUT2D eigenvalue weighted by molar-refractivity contribution is 6.03. The van der Waals surface area contributed by atoms with Crippen molar-refractivity contribution in [1.29, 1.82) is 0 Å². The Morgan fingerprint density at radius 3 is 2.70 bits per heavy atom. The highest BCUT2D eigenvalue weighted by Gasteiger charge is 2.26. The summed E-state index contributed by atoms with van der Waals surface area (Å²) in [5, 5.41) is 3.19. The van der Waals surface area contributed by atoms with Crippen molar-refractivity contribution in [3.8, 4) is 11.5 Å². The number of hydrogen-bond donors (Lipinski definition) is 1. The third kappa shape index (κ3) is 6.14. The molecule has 0 aliphatic carbocycles. The van der Waals surface area contributed by atoms with E-state index in [4.69, 9.17) is 9.47 Å². The average Bonchev–Trinajstić information content (AvgIpc) is 3.20. The molecule has 0 bridgehead atoms. The lowest BCUT2D eigenvalue weighted by atomic mass is 10.0. The summed E-state index contributed by atoms with van der Waals surface area (Å²) in [7, 11) is 0. The van der Waals surface area contributed by atoms with Crippen LogP contribution in [0.3, 0.4) is 0 Å². The van der Waals surface area contributed by atoms with Crippen LogP contribution in [0, 0.1) is 0 Å². The maximum Gasteiger partial charge on any atom is 0.224 e. The molecule has 4 rings (SSSR count). The van der Waals surface area contributed by atoms with Gasteiger partial charge in [0.15, 0.2) is 6.61 Å². The van der Waals surface area contributed by atoms with E-state index in [9.17, 15) is 9.59 Å². The highest BCUT2D eigenvalue weighted by atomic mass is 16.5. The normalized spacial score (nSPS) is 16.3. The number of carbonyl (C=O) groups excluding carboxylic acids is 2. The first-order valence-electron chi connectivity index (χ1n) is 12.1. The number of benzene rings is 2. The first kappa shape index (κ1) is 23.3. The van der Waals surface area contributed by atoms with Gasteiger partial charge in [-0.2, -0.15) is 0 Å². The van der Waals surface area contributed by atoms with E-state index in [1.165, 1.54) is 0 Å². The molecule has 2 aliphatic rings. The number of fused-ring (bicyclic) bond motifs is 1. The second kappa shape index (κ2) is 11.3. The average molecular weight is 451 g/mol. The number of hydrogen-bond acceptors (Lipinski definition) is 5. The topological polar surface area (TPSA) is 67.9 Å². The maximum absolute atomic E-state index is 12.3. The van der Waals surface area contributed by atoms with Crippen LogP contribution < -0.4 is 14.8 Å². The Labute approximate surface area is 196 Å². The summed E-state index contributed by atoms with van der Waals surface area (Å²) in [5.74, 6) is 1.71. The molecule has 6 heteroatoms. The summed E-state index contributed by atoms with van der Waals surface area (Å²) in [5.41, 5.74) is 2.76. The molecule has 2 heterocycles. The van der Waals surface area contributed by atoms with Crippen molar-refractivity contribution >= 4 is 11.7 Å². The molecule has 0 spiro atoms. The molecule has 2 aliphatic heterocycles. The van der Waals surface area contributed by atoms with Crippen molar-refractivity contribution < 1.29 is 19.1 Å². The fourth-order valence-electron chi connectivity index (χ4n) is 4.66. The number of rotatable bonds is 10. The molecule has 2 aromatic rings. The molecule has 1 amide bonds. The zero-order valence-electron chi connectivity index (χ0n) is 19.5. The first-order valence-corrected chi connectivity index (χ1v) is 12.1. The SMILES string of the molecule is CCCc1c(OCCCN2CCC(NC(=O)Cc3ccccc3)CC2)ccc2c1OCC2=O. The van der Waals surface area contributed by atoms with E-state index in [2.05, 4.69) is 17.1 Å². The predicted molar refractivity (Wildman–Crippen MR) is 128 cm³/mol. The number of amides is 1. The summed E-state index contributed by atoms with van der Waals surface area (Å²) in [6, 6.07) is 13.9. The van der Waals surface area contributed by atoms with Gasteiger partial charge in [-0.3, -0.25) is 9.59 Å². The van der Waals surface area contributed by atoms with E-state index in [-0.39, 0.29) is 24.3 Å². The van der Waals surface area contributed by atoms with Gasteiger partial charge in [-0.05, 0) is 43.4 Å². The van der Waals surface area contributed by atoms with Crippen molar-refractivity contribution in [3.05, 3.63) is 59.2 Å². The molecule has 176 valence electrons. The van der Waals surface area contributed by atoms with Crippen molar-refractivity contribution in [3.63, 3.8) is 0 Å². The van der Waals surface area contributed by atoms with Gasteiger partial charge in [0.2, 0.25) is 11.7 Å². The molecule has 0 aromatic heterocycles. The van der Waals surface area contributed by atoms with Crippen LogP contribution in [0.15, 0.2) is 42.5 Å². The number of Topliss-reactive ketones (excluding diaryl/α,β-unsaturated/α-hetero) is 1. The Balaban J connectivity index is 1.17. The summed E-state index contributed by atoms with van der Waals surface area (Å²) in [6.07, 6.45) is 5.17. The molecule has 6 nitrogen and oxygen atoms in total. The molecule has 1 saturated heterocycles. The minimum absolute atomic E-state index is 0.0496. The maximum atomic E-state index is 12.3. The van der Waals surface area contributed by atoms with E-state index in [0.717, 1.165) is 74.4 Å². The molecule has 33 heavy (non-hydrogen) atoms. The molecule has 0 atom stereocenters. The first-order chi connectivity index (χ1) is 16.1. The van der Waals surface area contributed by atoms with Crippen molar-refractivity contribution in [2.45, 2.75) is 51.5 Å². The lowest BCUT2D eigenvalue weighted by Crippen LogP contribution is -2.45. The third-order valence-electron chi connectivity index (χ3n) is 6.40. The molecule has 0 saturated carbocycles. The predicted octanol–water partition coefficient (Wildman–Crippen LogP) is 3.81. The second-order valence-corrected chi connectivity index (χ2v) is 8.93. The van der Waals surface area contributed by atoms with Gasteiger partial charge in [-0.1, -0.05) is 43.7 Å². The minimum Gasteiger partial charge on any atom is -0.493 e. The van der Waals surface area contributed by atoms with Gasteiger partial charge >= 0.3 is 0 Å². The molecular weight excluding hydrogens is 416 g/mol. The Morgan fingerprint density at radius 1 is 1.15 bits per heavy atom. The smallest absolute Gasteiger partial charge is 0.224 e. The van der Waals surface area contributed by atoms with Crippen LogP contribution in [0.25, 0.3) is 0 Å². The van der Waals surface area contributed by atoms with Crippen LogP contribution in [-0.2, 0) is 17.6 Å². The van der Waals surface area contributed by atoms with E-state index >= 15 is 0 Å². The van der Waals surface area contributed by atoms with Crippen LogP contribution >= 0.6 is 0 Å². The standard InChI is InChI=1S/C27H34N2O4/c1-2-7-23-25(11-10-22-24(30)19-33-27(22)23)32-17-6-14-29-15-12-21(13-16-29)28-26(31)18-20-8-4-3-5-9-20/h3-5,8-11,21H,2,6-7,12-19H2,1H3,(H,28,31). The summed E-state index contributed by atoms with van der Waals surface area (Å²) < 4.78 is 11.7. The van der Waals surface area contributed by atoms with Gasteiger partial charge in [-0.15, -0.1) is 0 Å². The third-order valence-corrected chi connectivity index (χ3v) is 6.40. The fourth-order valence-corrected chi connectivity index (χ4v) is 4.66. The van der Waals surface area contributed by atoms with Crippen molar-refractivity contribution in [2.24, 2.45) is 0 Å². The molecule has 1 fully saturated rings. The van der Waals surface area contributed by atoms with E-state index in [1.807, 2.05) is 42.5 Å². The van der Waals surface area contributed by atoms with Gasteiger partial charge in [0.25, 0.3) is 0 Å². The number of ketones is 1. The fraction of sp³-hybridized carbons (Fsp3) is 0.481. The zero-order valence-corrected chi connectivity index (χ0v) is 19.5. The Morgan fingerprint density at radius 2 is 1.94 bits per heavy atom. The minimum atomic E-state index is 0.0496. The number of nitrogens with one attached hydrogen (secondary N) is 1. The number of nitrogens with zero attached hydrogens (tertiary/aromatic N) is 1. The van der Waals surface area contributed by atoms with Gasteiger partial charge in [0, 0.05) is 31.2 Å². The van der Waals surface area contributed by atoms with E-state index < -0.39 is 0 Å². The Bertz CT molecular complexity index is 952. The van der Waals surface area contributed by atoms with Crippen LogP contribution in [0.4, 0.5) is 0 Å². The summed E-state index contributed by atoms with van der Waals surface area (Å²) in [6.45, 7) is 5.86. The van der Waals surface area contributed by atoms with Crippen LogP contribution in [0.1, 0.15) is 54.1 Å². The zero-order chi connectivity index (χ0) is 23.0. The van der Waals surface area contributed by atoms with Crippen molar-refractivity contribution in [2.75, 3.05) is 32.8 Å². The van der Waals surface area contributed by atoms with Crippen molar-refractivity contribution in [1.82, 2.24) is 10.2 Å². The monoisotopic (exact) mass is 450 g/mol. The van der Waals surface area contributed by atoms with Gasteiger partial charge < -0.3 is 19.7 Å². The molecule has 0 radical (unpaired) electrons. The Hall–Kier alpha value is -2.86. The van der Waals surface area contributed by atoms with Gasteiger partial charge in [-0.25, -0.2) is 0 Å². The summed E-state index contributed by atoms with van der Waals surface area (Å²) in [4.78, 5) is 26.7. The lowest BCUT2D eigenvalue weighted by Gasteiger charge is -2.32. The summed E-state index contributed by atoms with van der Waals surface area (Å²) >= 11 is 0. The lowest BCUT2D eigenvalue weighted by molar-refractivity contribution is -0.121. The number of likely N-dealkylation sites (tertiary alicyclic amines) is 1. The number of carbonyl (C=O) groups is 2. The second-order valence-electron chi connectivity index (χ2n) is 8.93. The van der Waals surface area contributed by atoms with E-state index in [1.54, 1.807) is 0 Å². The highest BCUT2D eigenvalue weighted by Crippen LogP contribution is 2.37. The van der Waals surface area contributed by atoms with Crippen LogP contribution in [0.2, 0.25) is 0 Å². The number of ether oxygens (including phenoxy) is 2. The molecule has 2 aromatic carbocycles. The van der Waals surface area contributed by atoms with E-state index in [0.29, 0.717) is 18.6 Å². The molecule has 0 unspecified atom stereocenters. The van der Waals surface area contributed by atoms with Crippen LogP contribution in [0.5, 0.6) is 11.5 Å². The van der Waals surface area contributed by atoms with Gasteiger partial charge in [0.1, 0.15) is 11.5 Å². The van der Waals surface area contributed by atoms with Gasteiger partial charge in [0.05, 0.1) is 18.6 Å². The Kier molecular flexibility index (Phi) is 8.00. The van der Waals surface area contributed by atoms with Crippen LogP contribution in [-0.4, -0.2) is 55.5 Å². The molecular formula is C27H34N2O4.